The van der Waals surface area contributed by atoms with Crippen LogP contribution in [0, 0.1) is 11.3 Å². The molecular weight excluding hydrogens is 418 g/mol. The fraction of sp³-hybridized carbons (Fsp3) is 0.360. The molecule has 0 bridgehead atoms. The molecule has 0 unspecified atom stereocenters. The first-order valence-corrected chi connectivity index (χ1v) is 11.0. The molecule has 1 saturated heterocycles. The number of ether oxygens (including phenoxy) is 2. The number of para-hydroxylation sites is 2. The highest BCUT2D eigenvalue weighted by Crippen LogP contribution is 2.30. The van der Waals surface area contributed by atoms with Gasteiger partial charge in [0.15, 0.2) is 23.2 Å². The lowest BCUT2D eigenvalue weighted by Gasteiger charge is -2.21. The van der Waals surface area contributed by atoms with Crippen molar-refractivity contribution < 1.29 is 14.3 Å². The van der Waals surface area contributed by atoms with Crippen LogP contribution in [0.15, 0.2) is 42.5 Å². The Morgan fingerprint density at radius 3 is 2.45 bits per heavy atom. The second-order valence-corrected chi connectivity index (χ2v) is 7.91. The van der Waals surface area contributed by atoms with E-state index in [4.69, 9.17) is 19.4 Å². The first-order valence-electron chi connectivity index (χ1n) is 11.0. The zero-order chi connectivity index (χ0) is 23.2. The molecule has 0 saturated carbocycles. The lowest BCUT2D eigenvalue weighted by Crippen LogP contribution is -2.32. The number of anilines is 1. The molecule has 2 aromatic carbocycles. The maximum absolute atomic E-state index is 13.0. The highest BCUT2D eigenvalue weighted by molar-refractivity contribution is 5.88. The van der Waals surface area contributed by atoms with Crippen LogP contribution in [-0.4, -0.2) is 49.7 Å². The fourth-order valence-corrected chi connectivity index (χ4v) is 4.07. The number of methoxy groups -OCH3 is 2. The van der Waals surface area contributed by atoms with E-state index in [1.54, 1.807) is 14.2 Å². The number of rotatable bonds is 8. The van der Waals surface area contributed by atoms with Crippen LogP contribution in [-0.2, 0) is 11.2 Å². The third kappa shape index (κ3) is 4.82. The summed E-state index contributed by atoms with van der Waals surface area (Å²) in [6.07, 6.45) is 2.71. The topological polar surface area (TPSA) is 100 Å². The molecule has 1 aromatic heterocycles. The summed E-state index contributed by atoms with van der Waals surface area (Å²) in [6.45, 7) is 2.07. The van der Waals surface area contributed by atoms with Gasteiger partial charge in [0.2, 0.25) is 5.91 Å². The van der Waals surface area contributed by atoms with Crippen molar-refractivity contribution >= 4 is 22.8 Å². The molecule has 8 heteroatoms. The standard InChI is InChI=1S/C25H27N5O3/c1-32-21-10-9-17(15-22(21)33-2)11-12-27-25(31)18(16-26)23-24(30-13-5-6-14-30)29-20-8-4-3-7-19(20)28-23/h3-4,7-10,15,18H,5-6,11-14H2,1-2H3,(H,27,31)/t18-/m1/s1. The van der Waals surface area contributed by atoms with E-state index in [-0.39, 0.29) is 5.91 Å². The van der Waals surface area contributed by atoms with Crippen molar-refractivity contribution in [2.75, 3.05) is 38.8 Å². The van der Waals surface area contributed by atoms with Gasteiger partial charge < -0.3 is 19.7 Å². The summed E-state index contributed by atoms with van der Waals surface area (Å²) in [5, 5.41) is 12.8. The summed E-state index contributed by atoms with van der Waals surface area (Å²) in [4.78, 5) is 24.6. The Morgan fingerprint density at radius 1 is 1.09 bits per heavy atom. The zero-order valence-corrected chi connectivity index (χ0v) is 18.9. The van der Waals surface area contributed by atoms with E-state index in [1.165, 1.54) is 0 Å². The number of carbonyl (C=O) groups excluding carboxylic acids is 1. The fourth-order valence-electron chi connectivity index (χ4n) is 4.07. The van der Waals surface area contributed by atoms with E-state index in [1.807, 2.05) is 42.5 Å². The zero-order valence-electron chi connectivity index (χ0n) is 18.9. The van der Waals surface area contributed by atoms with Crippen LogP contribution in [0.4, 0.5) is 5.82 Å². The predicted molar refractivity (Wildman–Crippen MR) is 126 cm³/mol. The van der Waals surface area contributed by atoms with Crippen molar-refractivity contribution in [1.82, 2.24) is 15.3 Å². The first kappa shape index (κ1) is 22.3. The van der Waals surface area contributed by atoms with Crippen molar-refractivity contribution in [3.63, 3.8) is 0 Å². The molecule has 3 aromatic rings. The summed E-state index contributed by atoms with van der Waals surface area (Å²) in [7, 11) is 3.18. The molecule has 1 aliphatic rings. The Bertz CT molecular complexity index is 1180. The van der Waals surface area contributed by atoms with E-state index < -0.39 is 5.92 Å². The van der Waals surface area contributed by atoms with Gasteiger partial charge in [-0.15, -0.1) is 0 Å². The second kappa shape index (κ2) is 10.2. The monoisotopic (exact) mass is 445 g/mol. The Morgan fingerprint density at radius 2 is 1.79 bits per heavy atom. The molecule has 1 atom stereocenters. The summed E-state index contributed by atoms with van der Waals surface area (Å²) < 4.78 is 10.6. The van der Waals surface area contributed by atoms with Gasteiger partial charge >= 0.3 is 0 Å². The molecule has 33 heavy (non-hydrogen) atoms. The van der Waals surface area contributed by atoms with Crippen LogP contribution in [0.2, 0.25) is 0 Å². The minimum atomic E-state index is -1.04. The Kier molecular flexibility index (Phi) is 6.89. The summed E-state index contributed by atoms with van der Waals surface area (Å²) in [6, 6.07) is 15.3. The van der Waals surface area contributed by atoms with Crippen molar-refractivity contribution in [3.8, 4) is 17.6 Å². The van der Waals surface area contributed by atoms with E-state index in [9.17, 15) is 10.1 Å². The van der Waals surface area contributed by atoms with Crippen LogP contribution in [0.5, 0.6) is 11.5 Å². The maximum atomic E-state index is 13.0. The Labute approximate surface area is 193 Å². The minimum Gasteiger partial charge on any atom is -0.493 e. The molecule has 1 fully saturated rings. The minimum absolute atomic E-state index is 0.372. The van der Waals surface area contributed by atoms with Gasteiger partial charge in [0.1, 0.15) is 5.69 Å². The molecule has 2 heterocycles. The van der Waals surface area contributed by atoms with Gasteiger partial charge in [0.25, 0.3) is 0 Å². The number of benzene rings is 2. The number of fused-ring (bicyclic) bond motifs is 1. The van der Waals surface area contributed by atoms with E-state index in [0.29, 0.717) is 41.5 Å². The van der Waals surface area contributed by atoms with E-state index in [2.05, 4.69) is 16.3 Å². The molecule has 8 nitrogen and oxygen atoms in total. The Balaban J connectivity index is 1.52. The third-order valence-corrected chi connectivity index (χ3v) is 5.81. The van der Waals surface area contributed by atoms with Gasteiger partial charge in [0, 0.05) is 19.6 Å². The predicted octanol–water partition coefficient (Wildman–Crippen LogP) is 3.21. The van der Waals surface area contributed by atoms with Crippen LogP contribution in [0.1, 0.15) is 30.0 Å². The lowest BCUT2D eigenvalue weighted by molar-refractivity contribution is -0.121. The van der Waals surface area contributed by atoms with Gasteiger partial charge in [-0.3, -0.25) is 4.79 Å². The number of hydrogen-bond acceptors (Lipinski definition) is 7. The van der Waals surface area contributed by atoms with Crippen molar-refractivity contribution in [3.05, 3.63) is 53.7 Å². The molecular formula is C25H27N5O3. The average Bonchev–Trinajstić information content (AvgIpc) is 3.39. The molecule has 0 radical (unpaired) electrons. The largest absolute Gasteiger partial charge is 0.493 e. The number of amides is 1. The van der Waals surface area contributed by atoms with Crippen LogP contribution < -0.4 is 19.7 Å². The molecule has 1 amide bonds. The van der Waals surface area contributed by atoms with Crippen molar-refractivity contribution in [2.45, 2.75) is 25.2 Å². The molecule has 0 aliphatic carbocycles. The lowest BCUT2D eigenvalue weighted by atomic mass is 10.0. The van der Waals surface area contributed by atoms with Crippen LogP contribution in [0.25, 0.3) is 11.0 Å². The third-order valence-electron chi connectivity index (χ3n) is 5.81. The number of nitrogens with zero attached hydrogens (tertiary/aromatic N) is 4. The molecule has 1 N–H and O–H groups in total. The highest BCUT2D eigenvalue weighted by atomic mass is 16.5. The normalized spacial score (nSPS) is 14.0. The summed E-state index contributed by atoms with van der Waals surface area (Å²) >= 11 is 0. The van der Waals surface area contributed by atoms with Crippen molar-refractivity contribution in [1.29, 1.82) is 5.26 Å². The number of nitriles is 1. The number of carbonyl (C=O) groups is 1. The maximum Gasteiger partial charge on any atom is 0.243 e. The summed E-state index contributed by atoms with van der Waals surface area (Å²) in [5.74, 6) is 0.510. The van der Waals surface area contributed by atoms with Gasteiger partial charge in [-0.05, 0) is 49.1 Å². The Hall–Kier alpha value is -3.86. The average molecular weight is 446 g/mol. The quantitative estimate of drug-likeness (QED) is 0.568. The van der Waals surface area contributed by atoms with Gasteiger partial charge in [-0.1, -0.05) is 18.2 Å². The van der Waals surface area contributed by atoms with Crippen molar-refractivity contribution in [2.24, 2.45) is 0 Å². The van der Waals surface area contributed by atoms with Gasteiger partial charge in [0.05, 0.1) is 31.3 Å². The number of aromatic nitrogens is 2. The molecule has 1 aliphatic heterocycles. The van der Waals surface area contributed by atoms with E-state index >= 15 is 0 Å². The SMILES string of the molecule is COc1ccc(CCNC(=O)[C@H](C#N)c2nc3ccccc3nc2N2CCCC2)cc1OC. The van der Waals surface area contributed by atoms with Gasteiger partial charge in [-0.2, -0.15) is 5.26 Å². The number of nitrogens with one attached hydrogen (secondary N) is 1. The highest BCUT2D eigenvalue weighted by Gasteiger charge is 2.29. The second-order valence-electron chi connectivity index (χ2n) is 7.91. The smallest absolute Gasteiger partial charge is 0.243 e. The summed E-state index contributed by atoms with van der Waals surface area (Å²) in [5.41, 5.74) is 2.84. The molecule has 4 rings (SSSR count). The van der Waals surface area contributed by atoms with Crippen LogP contribution >= 0.6 is 0 Å². The van der Waals surface area contributed by atoms with Gasteiger partial charge in [-0.25, -0.2) is 9.97 Å². The van der Waals surface area contributed by atoms with E-state index in [0.717, 1.165) is 37.0 Å². The first-order chi connectivity index (χ1) is 16.1. The van der Waals surface area contributed by atoms with Crippen LogP contribution in [0.3, 0.4) is 0 Å². The molecule has 0 spiro atoms. The molecule has 170 valence electrons. The number of hydrogen-bond donors (Lipinski definition) is 1.